The second kappa shape index (κ2) is 4.77. The lowest BCUT2D eigenvalue weighted by Gasteiger charge is -2.05. The number of ether oxygens (including phenoxy) is 1. The van der Waals surface area contributed by atoms with Gasteiger partial charge >= 0.3 is 0 Å². The number of rotatable bonds is 3. The Kier molecular flexibility index (Phi) is 3.95. The van der Waals surface area contributed by atoms with E-state index in [1.165, 1.54) is 5.56 Å². The van der Waals surface area contributed by atoms with Gasteiger partial charge in [0.2, 0.25) is 0 Å². The van der Waals surface area contributed by atoms with E-state index in [1.54, 1.807) is 18.9 Å². The molecule has 0 unspecified atom stereocenters. The lowest BCUT2D eigenvalue weighted by molar-refractivity contribution is 0.414. The van der Waals surface area contributed by atoms with E-state index in [2.05, 4.69) is 28.3 Å². The molecule has 1 rings (SSSR count). The molecule has 0 saturated heterocycles. The van der Waals surface area contributed by atoms with Crippen molar-refractivity contribution >= 4 is 27.7 Å². The van der Waals surface area contributed by atoms with Crippen LogP contribution in [0.15, 0.2) is 22.7 Å². The molecule has 0 heterocycles. The van der Waals surface area contributed by atoms with Crippen LogP contribution in [-0.2, 0) is 5.75 Å². The van der Waals surface area contributed by atoms with Gasteiger partial charge in [0.15, 0.2) is 0 Å². The quantitative estimate of drug-likeness (QED) is 0.810. The van der Waals surface area contributed by atoms with Crippen molar-refractivity contribution in [1.82, 2.24) is 0 Å². The minimum absolute atomic E-state index is 0.919. The Morgan fingerprint density at radius 1 is 1.50 bits per heavy atom. The van der Waals surface area contributed by atoms with Crippen molar-refractivity contribution in [3.63, 3.8) is 0 Å². The number of methoxy groups -OCH3 is 1. The lowest BCUT2D eigenvalue weighted by Crippen LogP contribution is -1.86. The summed E-state index contributed by atoms with van der Waals surface area (Å²) >= 11 is 5.29. The molecule has 12 heavy (non-hydrogen) atoms. The van der Waals surface area contributed by atoms with E-state index in [1.807, 2.05) is 12.1 Å². The van der Waals surface area contributed by atoms with Crippen LogP contribution < -0.4 is 4.74 Å². The van der Waals surface area contributed by atoms with Gasteiger partial charge in [0.05, 0.1) is 7.11 Å². The zero-order valence-corrected chi connectivity index (χ0v) is 9.54. The fraction of sp³-hybridized carbons (Fsp3) is 0.333. The van der Waals surface area contributed by atoms with E-state index in [-0.39, 0.29) is 0 Å². The van der Waals surface area contributed by atoms with Crippen LogP contribution in [0.3, 0.4) is 0 Å². The Balaban J connectivity index is 2.91. The third-order valence-corrected chi connectivity index (χ3v) is 2.93. The maximum Gasteiger partial charge on any atom is 0.119 e. The molecule has 0 spiro atoms. The molecular formula is C9H11BrOS. The standard InChI is InChI=1S/C9H11BrOS/c1-11-8-3-4-9(10)7(5-8)6-12-2/h3-5H,6H2,1-2H3. The molecule has 0 fully saturated rings. The summed E-state index contributed by atoms with van der Waals surface area (Å²) in [5.74, 6) is 1.93. The first-order valence-corrected chi connectivity index (χ1v) is 5.78. The minimum Gasteiger partial charge on any atom is -0.497 e. The largest absolute Gasteiger partial charge is 0.497 e. The average Bonchev–Trinajstić information content (AvgIpc) is 2.09. The number of hydrogen-bond donors (Lipinski definition) is 0. The number of hydrogen-bond acceptors (Lipinski definition) is 2. The molecule has 0 atom stereocenters. The highest BCUT2D eigenvalue weighted by Crippen LogP contribution is 2.25. The molecule has 1 aromatic rings. The molecule has 0 N–H and O–H groups in total. The third kappa shape index (κ3) is 2.42. The summed E-state index contributed by atoms with van der Waals surface area (Å²) in [6, 6.07) is 6.03. The van der Waals surface area contributed by atoms with E-state index >= 15 is 0 Å². The summed E-state index contributed by atoms with van der Waals surface area (Å²) in [5, 5.41) is 0. The third-order valence-electron chi connectivity index (χ3n) is 1.55. The van der Waals surface area contributed by atoms with Gasteiger partial charge in [-0.15, -0.1) is 0 Å². The summed E-state index contributed by atoms with van der Waals surface area (Å²) in [4.78, 5) is 0. The van der Waals surface area contributed by atoms with Crippen molar-refractivity contribution in [2.45, 2.75) is 5.75 Å². The average molecular weight is 247 g/mol. The smallest absolute Gasteiger partial charge is 0.119 e. The molecule has 0 aromatic heterocycles. The molecule has 1 nitrogen and oxygen atoms in total. The maximum absolute atomic E-state index is 5.13. The normalized spacial score (nSPS) is 9.92. The van der Waals surface area contributed by atoms with Gasteiger partial charge in [-0.25, -0.2) is 0 Å². The van der Waals surface area contributed by atoms with E-state index in [0.717, 1.165) is 16.0 Å². The first-order valence-electron chi connectivity index (χ1n) is 3.59. The minimum atomic E-state index is 0.919. The van der Waals surface area contributed by atoms with Crippen LogP contribution >= 0.6 is 27.7 Å². The lowest BCUT2D eigenvalue weighted by atomic mass is 10.2. The second-order valence-corrected chi connectivity index (χ2v) is 4.11. The van der Waals surface area contributed by atoms with Gasteiger partial charge in [-0.1, -0.05) is 15.9 Å². The Hall–Kier alpha value is -0.150. The van der Waals surface area contributed by atoms with Gasteiger partial charge in [0.25, 0.3) is 0 Å². The highest BCUT2D eigenvalue weighted by atomic mass is 79.9. The molecule has 0 aliphatic carbocycles. The molecule has 0 radical (unpaired) electrons. The summed E-state index contributed by atoms with van der Waals surface area (Å²) in [6.07, 6.45) is 2.09. The molecule has 0 amide bonds. The highest BCUT2D eigenvalue weighted by Gasteiger charge is 2.00. The summed E-state index contributed by atoms with van der Waals surface area (Å²) in [5.41, 5.74) is 1.28. The van der Waals surface area contributed by atoms with Gasteiger partial charge in [-0.3, -0.25) is 0 Å². The Labute approximate surface area is 85.6 Å². The van der Waals surface area contributed by atoms with Gasteiger partial charge in [-0.2, -0.15) is 11.8 Å². The topological polar surface area (TPSA) is 9.23 Å². The van der Waals surface area contributed by atoms with Crippen LogP contribution in [0, 0.1) is 0 Å². The Morgan fingerprint density at radius 2 is 2.25 bits per heavy atom. The van der Waals surface area contributed by atoms with Crippen LogP contribution in [0.4, 0.5) is 0 Å². The first-order chi connectivity index (χ1) is 5.77. The van der Waals surface area contributed by atoms with Gasteiger partial charge in [-0.05, 0) is 30.0 Å². The summed E-state index contributed by atoms with van der Waals surface area (Å²) < 4.78 is 6.28. The molecule has 0 aliphatic rings. The SMILES string of the molecule is COc1ccc(Br)c(CSC)c1. The van der Waals surface area contributed by atoms with Crippen LogP contribution in [0.25, 0.3) is 0 Å². The first kappa shape index (κ1) is 9.93. The van der Waals surface area contributed by atoms with Crippen LogP contribution in [-0.4, -0.2) is 13.4 Å². The van der Waals surface area contributed by atoms with Gasteiger partial charge in [0.1, 0.15) is 5.75 Å². The van der Waals surface area contributed by atoms with Crippen LogP contribution in [0.1, 0.15) is 5.56 Å². The van der Waals surface area contributed by atoms with Crippen molar-refractivity contribution in [1.29, 1.82) is 0 Å². The number of benzene rings is 1. The molecule has 66 valence electrons. The van der Waals surface area contributed by atoms with Gasteiger partial charge in [0, 0.05) is 10.2 Å². The van der Waals surface area contributed by atoms with Crippen molar-refractivity contribution in [3.05, 3.63) is 28.2 Å². The zero-order valence-electron chi connectivity index (χ0n) is 7.13. The molecular weight excluding hydrogens is 236 g/mol. The molecule has 0 bridgehead atoms. The summed E-state index contributed by atoms with van der Waals surface area (Å²) in [7, 11) is 1.69. The zero-order chi connectivity index (χ0) is 8.97. The Morgan fingerprint density at radius 3 is 2.83 bits per heavy atom. The second-order valence-electron chi connectivity index (χ2n) is 2.39. The fourth-order valence-corrected chi connectivity index (χ4v) is 2.07. The van der Waals surface area contributed by atoms with Crippen molar-refractivity contribution < 1.29 is 4.74 Å². The van der Waals surface area contributed by atoms with Crippen molar-refractivity contribution in [3.8, 4) is 5.75 Å². The van der Waals surface area contributed by atoms with E-state index < -0.39 is 0 Å². The monoisotopic (exact) mass is 246 g/mol. The fourth-order valence-electron chi connectivity index (χ4n) is 0.944. The van der Waals surface area contributed by atoms with E-state index in [4.69, 9.17) is 4.74 Å². The molecule has 3 heteroatoms. The van der Waals surface area contributed by atoms with Crippen molar-refractivity contribution in [2.75, 3.05) is 13.4 Å². The van der Waals surface area contributed by atoms with Crippen LogP contribution in [0.5, 0.6) is 5.75 Å². The number of halogens is 1. The summed E-state index contributed by atoms with van der Waals surface area (Å²) in [6.45, 7) is 0. The Bertz CT molecular complexity index is 263. The maximum atomic E-state index is 5.13. The van der Waals surface area contributed by atoms with Crippen molar-refractivity contribution in [2.24, 2.45) is 0 Å². The predicted octanol–water partition coefficient (Wildman–Crippen LogP) is 3.32. The highest BCUT2D eigenvalue weighted by molar-refractivity contribution is 9.10. The molecule has 0 saturated carbocycles. The number of thioether (sulfide) groups is 1. The van der Waals surface area contributed by atoms with E-state index in [9.17, 15) is 0 Å². The van der Waals surface area contributed by atoms with Crippen LogP contribution in [0.2, 0.25) is 0 Å². The van der Waals surface area contributed by atoms with E-state index in [0.29, 0.717) is 0 Å². The predicted molar refractivity (Wildman–Crippen MR) is 57.9 cm³/mol. The molecule has 0 aliphatic heterocycles. The molecule has 1 aromatic carbocycles. The van der Waals surface area contributed by atoms with Gasteiger partial charge < -0.3 is 4.74 Å².